The predicted molar refractivity (Wildman–Crippen MR) is 129 cm³/mol. The van der Waals surface area contributed by atoms with Gasteiger partial charge in [0.25, 0.3) is 0 Å². The van der Waals surface area contributed by atoms with Crippen LogP contribution in [0.3, 0.4) is 0 Å². The second kappa shape index (κ2) is 11.5. The molecule has 1 heterocycles. The molecule has 0 aliphatic heterocycles. The van der Waals surface area contributed by atoms with Crippen molar-refractivity contribution in [2.24, 2.45) is 5.92 Å². The van der Waals surface area contributed by atoms with Crippen LogP contribution >= 0.6 is 11.6 Å². The zero-order valence-corrected chi connectivity index (χ0v) is 21.0. The normalized spacial score (nSPS) is 12.6. The summed E-state index contributed by atoms with van der Waals surface area (Å²) in [6, 6.07) is 3.63. The van der Waals surface area contributed by atoms with E-state index < -0.39 is 29.3 Å². The molecule has 2 rings (SSSR count). The van der Waals surface area contributed by atoms with E-state index in [1.54, 1.807) is 26.8 Å². The Morgan fingerprint density at radius 3 is 2.45 bits per heavy atom. The Morgan fingerprint density at radius 1 is 1.15 bits per heavy atom. The van der Waals surface area contributed by atoms with Gasteiger partial charge in [-0.05, 0) is 64.0 Å². The maximum atomic E-state index is 12.9. The van der Waals surface area contributed by atoms with Crippen LogP contribution in [0.15, 0.2) is 27.4 Å². The van der Waals surface area contributed by atoms with E-state index in [4.69, 9.17) is 25.5 Å². The Kier molecular flexibility index (Phi) is 9.35. The molecule has 0 bridgehead atoms. The van der Waals surface area contributed by atoms with Crippen LogP contribution in [-0.2, 0) is 16.0 Å². The topological polar surface area (TPSA) is 94.8 Å². The molecular formula is C25H34ClNO6. The van der Waals surface area contributed by atoms with Crippen molar-refractivity contribution in [3.05, 3.63) is 39.2 Å². The highest BCUT2D eigenvalue weighted by Crippen LogP contribution is 2.32. The van der Waals surface area contributed by atoms with E-state index in [1.165, 1.54) is 12.1 Å². The molecule has 1 atom stereocenters. The number of fused-ring (bicyclic) bond motifs is 1. The largest absolute Gasteiger partial charge is 0.444 e. The minimum atomic E-state index is -0.920. The average Bonchev–Trinajstić information content (AvgIpc) is 2.68. The minimum absolute atomic E-state index is 0.0606. The van der Waals surface area contributed by atoms with E-state index in [0.29, 0.717) is 36.1 Å². The number of carbonyl (C=O) groups is 2. The van der Waals surface area contributed by atoms with E-state index in [1.807, 2.05) is 13.8 Å². The number of nitrogens with one attached hydrogen (secondary N) is 1. The van der Waals surface area contributed by atoms with Gasteiger partial charge >= 0.3 is 17.7 Å². The van der Waals surface area contributed by atoms with Gasteiger partial charge in [-0.25, -0.2) is 14.4 Å². The SMILES string of the molecule is CCCCc1cc(=O)oc2cc(OC(=O)C(CCC(C)C)NC(=O)OC(C)(C)C)c(Cl)cc12. The first kappa shape index (κ1) is 26.7. The molecule has 33 heavy (non-hydrogen) atoms. The molecule has 1 unspecified atom stereocenters. The maximum absolute atomic E-state index is 12.9. The zero-order chi connectivity index (χ0) is 24.8. The molecule has 1 aromatic heterocycles. The summed E-state index contributed by atoms with van der Waals surface area (Å²) in [5.41, 5.74) is -0.0517. The quantitative estimate of drug-likeness (QED) is 0.268. The van der Waals surface area contributed by atoms with Gasteiger partial charge in [0, 0.05) is 17.5 Å². The number of esters is 1. The number of alkyl carbamates (subject to hydrolysis) is 1. The summed E-state index contributed by atoms with van der Waals surface area (Å²) in [6.07, 6.45) is 2.97. The van der Waals surface area contributed by atoms with Crippen molar-refractivity contribution in [2.75, 3.05) is 0 Å². The van der Waals surface area contributed by atoms with Gasteiger partial charge < -0.3 is 19.2 Å². The highest BCUT2D eigenvalue weighted by Gasteiger charge is 2.27. The first-order valence-electron chi connectivity index (χ1n) is 11.4. The van der Waals surface area contributed by atoms with Crippen molar-refractivity contribution < 1.29 is 23.5 Å². The maximum Gasteiger partial charge on any atom is 0.408 e. The Bertz CT molecular complexity index is 1040. The molecule has 0 spiro atoms. The lowest BCUT2D eigenvalue weighted by Gasteiger charge is -2.23. The van der Waals surface area contributed by atoms with Gasteiger partial charge in [-0.3, -0.25) is 0 Å². The molecule has 0 aliphatic carbocycles. The summed E-state index contributed by atoms with van der Waals surface area (Å²) >= 11 is 6.41. The lowest BCUT2D eigenvalue weighted by Crippen LogP contribution is -2.45. The van der Waals surface area contributed by atoms with E-state index in [2.05, 4.69) is 12.2 Å². The standard InChI is InChI=1S/C25H34ClNO6/c1-7-8-9-16-12-22(28)31-20-14-21(18(26)13-17(16)20)32-23(29)19(11-10-15(2)3)27-24(30)33-25(4,5)6/h12-15,19H,7-11H2,1-6H3,(H,27,30). The van der Waals surface area contributed by atoms with Crippen molar-refractivity contribution in [3.63, 3.8) is 0 Å². The van der Waals surface area contributed by atoms with Crippen LogP contribution in [0.25, 0.3) is 11.0 Å². The van der Waals surface area contributed by atoms with Crippen LogP contribution in [0.4, 0.5) is 4.79 Å². The minimum Gasteiger partial charge on any atom is -0.444 e. The molecule has 0 saturated carbocycles. The van der Waals surface area contributed by atoms with Gasteiger partial charge in [0.2, 0.25) is 0 Å². The molecule has 182 valence electrons. The number of halogens is 1. The van der Waals surface area contributed by atoms with Crippen LogP contribution in [-0.4, -0.2) is 23.7 Å². The fourth-order valence-corrected chi connectivity index (χ4v) is 3.46. The van der Waals surface area contributed by atoms with Crippen molar-refractivity contribution in [1.29, 1.82) is 0 Å². The molecule has 1 amide bonds. The molecule has 2 aromatic rings. The van der Waals surface area contributed by atoms with Gasteiger partial charge in [0.15, 0.2) is 5.75 Å². The zero-order valence-electron chi connectivity index (χ0n) is 20.2. The number of carbonyl (C=O) groups excluding carboxylic acids is 2. The number of rotatable bonds is 9. The molecule has 8 heteroatoms. The van der Waals surface area contributed by atoms with Gasteiger partial charge in [-0.2, -0.15) is 0 Å². The fraction of sp³-hybridized carbons (Fsp3) is 0.560. The van der Waals surface area contributed by atoms with Crippen LogP contribution in [0, 0.1) is 5.92 Å². The van der Waals surface area contributed by atoms with Crippen molar-refractivity contribution >= 4 is 34.6 Å². The smallest absolute Gasteiger partial charge is 0.408 e. The molecule has 0 radical (unpaired) electrons. The molecule has 7 nitrogen and oxygen atoms in total. The lowest BCUT2D eigenvalue weighted by molar-refractivity contribution is -0.137. The lowest BCUT2D eigenvalue weighted by atomic mass is 10.0. The number of ether oxygens (including phenoxy) is 2. The summed E-state index contributed by atoms with van der Waals surface area (Å²) in [7, 11) is 0. The van der Waals surface area contributed by atoms with Crippen molar-refractivity contribution in [1.82, 2.24) is 5.32 Å². The fourth-order valence-electron chi connectivity index (χ4n) is 3.26. The van der Waals surface area contributed by atoms with Crippen LogP contribution < -0.4 is 15.7 Å². The van der Waals surface area contributed by atoms with Gasteiger partial charge in [0.05, 0.1) is 5.02 Å². The predicted octanol–water partition coefficient (Wildman–Crippen LogP) is 6.02. The van der Waals surface area contributed by atoms with Crippen LogP contribution in [0.5, 0.6) is 5.75 Å². The first-order valence-corrected chi connectivity index (χ1v) is 11.7. The molecule has 1 N–H and O–H groups in total. The Morgan fingerprint density at radius 2 is 1.85 bits per heavy atom. The summed E-state index contributed by atoms with van der Waals surface area (Å²) in [5, 5.41) is 3.51. The second-order valence-corrected chi connectivity index (χ2v) is 9.97. The van der Waals surface area contributed by atoms with Crippen LogP contribution in [0.2, 0.25) is 5.02 Å². The Hall–Kier alpha value is -2.54. The molecule has 0 aliphatic rings. The van der Waals surface area contributed by atoms with Crippen molar-refractivity contribution in [2.45, 2.75) is 85.3 Å². The Balaban J connectivity index is 2.29. The highest BCUT2D eigenvalue weighted by molar-refractivity contribution is 6.33. The second-order valence-electron chi connectivity index (χ2n) is 9.56. The third-order valence-electron chi connectivity index (χ3n) is 4.90. The number of hydrogen-bond acceptors (Lipinski definition) is 6. The van der Waals surface area contributed by atoms with E-state index in [-0.39, 0.29) is 10.8 Å². The van der Waals surface area contributed by atoms with Crippen LogP contribution in [0.1, 0.15) is 72.8 Å². The number of hydrogen-bond donors (Lipinski definition) is 1. The number of aryl methyl sites for hydroxylation is 1. The first-order chi connectivity index (χ1) is 15.4. The molecule has 0 fully saturated rings. The highest BCUT2D eigenvalue weighted by atomic mass is 35.5. The van der Waals surface area contributed by atoms with E-state index in [0.717, 1.165) is 18.4 Å². The number of amides is 1. The van der Waals surface area contributed by atoms with Crippen molar-refractivity contribution in [3.8, 4) is 5.75 Å². The Labute approximate surface area is 199 Å². The van der Waals surface area contributed by atoms with Gasteiger partial charge in [-0.15, -0.1) is 0 Å². The van der Waals surface area contributed by atoms with E-state index in [9.17, 15) is 14.4 Å². The number of benzene rings is 1. The van der Waals surface area contributed by atoms with Gasteiger partial charge in [-0.1, -0.05) is 38.8 Å². The summed E-state index contributed by atoms with van der Waals surface area (Å²) in [5.74, 6) is -0.293. The number of unbranched alkanes of at least 4 members (excludes halogenated alkanes) is 1. The molecule has 1 aromatic carbocycles. The summed E-state index contributed by atoms with van der Waals surface area (Å²) < 4.78 is 16.1. The van der Waals surface area contributed by atoms with Gasteiger partial charge in [0.1, 0.15) is 17.2 Å². The average molecular weight is 480 g/mol. The third-order valence-corrected chi connectivity index (χ3v) is 5.20. The summed E-state index contributed by atoms with van der Waals surface area (Å²) in [4.78, 5) is 37.2. The molecular weight excluding hydrogens is 446 g/mol. The summed E-state index contributed by atoms with van der Waals surface area (Å²) in [6.45, 7) is 11.3. The molecule has 0 saturated heterocycles. The van der Waals surface area contributed by atoms with E-state index >= 15 is 0 Å². The monoisotopic (exact) mass is 479 g/mol. The third kappa shape index (κ3) is 8.39.